The van der Waals surface area contributed by atoms with Crippen LogP contribution in [0.3, 0.4) is 0 Å². The number of carbonyl (C=O) groups is 1. The van der Waals surface area contributed by atoms with Crippen LogP contribution in [0.4, 0.5) is 4.79 Å². The van der Waals surface area contributed by atoms with E-state index < -0.39 is 0 Å². The van der Waals surface area contributed by atoms with Crippen molar-refractivity contribution >= 4 is 6.03 Å². The number of hydrogen-bond acceptors (Lipinski definition) is 3. The molecule has 0 saturated carbocycles. The predicted molar refractivity (Wildman–Crippen MR) is 90.9 cm³/mol. The van der Waals surface area contributed by atoms with Crippen LogP contribution in [0.15, 0.2) is 0 Å². The average molecular weight is 313 g/mol. The third-order valence-corrected chi connectivity index (χ3v) is 4.94. The summed E-state index contributed by atoms with van der Waals surface area (Å²) < 4.78 is 0. The Labute approximate surface area is 136 Å². The lowest BCUT2D eigenvalue weighted by Gasteiger charge is -2.40. The number of amides is 2. The molecule has 2 atom stereocenters. The minimum Gasteiger partial charge on any atom is -0.396 e. The third kappa shape index (κ3) is 5.76. The van der Waals surface area contributed by atoms with Gasteiger partial charge >= 0.3 is 6.03 Å². The Balaban J connectivity index is 2.33. The van der Waals surface area contributed by atoms with Gasteiger partial charge in [0.25, 0.3) is 0 Å². The van der Waals surface area contributed by atoms with Crippen molar-refractivity contribution in [2.24, 2.45) is 11.3 Å². The molecule has 0 aromatic carbocycles. The van der Waals surface area contributed by atoms with Crippen LogP contribution in [0.1, 0.15) is 47.0 Å². The molecule has 2 unspecified atom stereocenters. The molecule has 0 bridgehead atoms. The molecule has 5 heteroatoms. The Hall–Kier alpha value is -0.810. The van der Waals surface area contributed by atoms with Crippen LogP contribution in [0.25, 0.3) is 0 Å². The normalized spacial score (nSPS) is 23.4. The molecule has 2 amide bonds. The van der Waals surface area contributed by atoms with E-state index >= 15 is 0 Å². The molecule has 2 N–H and O–H groups in total. The van der Waals surface area contributed by atoms with Gasteiger partial charge in [0.15, 0.2) is 0 Å². The number of likely N-dealkylation sites (tertiary alicyclic amines) is 1. The van der Waals surface area contributed by atoms with Crippen molar-refractivity contribution < 1.29 is 9.90 Å². The maximum absolute atomic E-state index is 12.3. The van der Waals surface area contributed by atoms with E-state index in [0.717, 1.165) is 38.9 Å². The number of carbonyl (C=O) groups excluding carboxylic acids is 1. The molecule has 0 aromatic rings. The number of aliphatic hydroxyl groups is 1. The standard InChI is InChI=1S/C17H35N3O2/c1-6-20-11-8-15(14(2)12-20)19(5)16(22)18-10-7-9-17(3,4)13-21/h14-15,21H,6-13H2,1-5H3,(H,18,22). The summed E-state index contributed by atoms with van der Waals surface area (Å²) in [6.45, 7) is 12.6. The van der Waals surface area contributed by atoms with Gasteiger partial charge in [0.05, 0.1) is 0 Å². The van der Waals surface area contributed by atoms with E-state index in [0.29, 0.717) is 18.5 Å². The molecule has 0 aromatic heterocycles. The maximum Gasteiger partial charge on any atom is 0.317 e. The van der Waals surface area contributed by atoms with E-state index in [2.05, 4.69) is 24.1 Å². The van der Waals surface area contributed by atoms with Crippen molar-refractivity contribution in [3.05, 3.63) is 0 Å². The average Bonchev–Trinajstić information content (AvgIpc) is 2.50. The van der Waals surface area contributed by atoms with E-state index in [1.165, 1.54) is 0 Å². The molecule has 1 rings (SSSR count). The maximum atomic E-state index is 12.3. The monoisotopic (exact) mass is 313 g/mol. The summed E-state index contributed by atoms with van der Waals surface area (Å²) in [5, 5.41) is 12.2. The fraction of sp³-hybridized carbons (Fsp3) is 0.941. The SMILES string of the molecule is CCN1CCC(N(C)C(=O)NCCCC(C)(C)CO)C(C)C1. The molecule has 22 heavy (non-hydrogen) atoms. The lowest BCUT2D eigenvalue weighted by molar-refractivity contribution is 0.0960. The fourth-order valence-electron chi connectivity index (χ4n) is 3.20. The first kappa shape index (κ1) is 19.2. The molecule has 1 fully saturated rings. The molecule has 1 heterocycles. The highest BCUT2D eigenvalue weighted by Crippen LogP contribution is 2.22. The second kappa shape index (κ2) is 8.73. The van der Waals surface area contributed by atoms with E-state index in [9.17, 15) is 9.90 Å². The first-order valence-corrected chi connectivity index (χ1v) is 8.64. The minimum absolute atomic E-state index is 0.0311. The van der Waals surface area contributed by atoms with Crippen LogP contribution in [-0.2, 0) is 0 Å². The quantitative estimate of drug-likeness (QED) is 0.708. The Kier molecular flexibility index (Phi) is 7.63. The summed E-state index contributed by atoms with van der Waals surface area (Å²) in [4.78, 5) is 16.6. The Morgan fingerprint density at radius 2 is 2.14 bits per heavy atom. The van der Waals surface area contributed by atoms with Gasteiger partial charge < -0.3 is 20.2 Å². The number of hydrogen-bond donors (Lipinski definition) is 2. The summed E-state index contributed by atoms with van der Waals surface area (Å²) in [5.41, 5.74) is -0.0574. The van der Waals surface area contributed by atoms with Gasteiger partial charge in [-0.1, -0.05) is 27.7 Å². The summed E-state index contributed by atoms with van der Waals surface area (Å²) in [6, 6.07) is 0.361. The van der Waals surface area contributed by atoms with Gasteiger partial charge in [-0.05, 0) is 37.1 Å². The molecule has 0 spiro atoms. The lowest BCUT2D eigenvalue weighted by atomic mass is 9.89. The van der Waals surface area contributed by atoms with E-state index in [4.69, 9.17) is 0 Å². The fourth-order valence-corrected chi connectivity index (χ4v) is 3.20. The Morgan fingerprint density at radius 1 is 1.45 bits per heavy atom. The molecule has 1 saturated heterocycles. The molecular formula is C17H35N3O2. The molecule has 130 valence electrons. The van der Waals surface area contributed by atoms with E-state index in [1.807, 2.05) is 25.8 Å². The molecule has 1 aliphatic heterocycles. The van der Waals surface area contributed by atoms with Gasteiger partial charge in [-0.15, -0.1) is 0 Å². The van der Waals surface area contributed by atoms with Crippen molar-refractivity contribution in [1.29, 1.82) is 0 Å². The zero-order valence-corrected chi connectivity index (χ0v) is 15.1. The first-order chi connectivity index (χ1) is 10.3. The van der Waals surface area contributed by atoms with Crippen LogP contribution < -0.4 is 5.32 Å². The van der Waals surface area contributed by atoms with Gasteiger partial charge in [-0.3, -0.25) is 0 Å². The van der Waals surface area contributed by atoms with Crippen LogP contribution in [0.5, 0.6) is 0 Å². The molecular weight excluding hydrogens is 278 g/mol. The molecule has 0 radical (unpaired) electrons. The Bertz CT molecular complexity index is 347. The summed E-state index contributed by atoms with van der Waals surface area (Å²) in [5.74, 6) is 0.512. The van der Waals surface area contributed by atoms with Gasteiger partial charge in [0.1, 0.15) is 0 Å². The van der Waals surface area contributed by atoms with Crippen molar-refractivity contribution in [1.82, 2.24) is 15.1 Å². The highest BCUT2D eigenvalue weighted by atomic mass is 16.3. The topological polar surface area (TPSA) is 55.8 Å². The molecule has 5 nitrogen and oxygen atoms in total. The number of aliphatic hydroxyl groups excluding tert-OH is 1. The highest BCUT2D eigenvalue weighted by Gasteiger charge is 2.30. The number of nitrogens with one attached hydrogen (secondary N) is 1. The zero-order chi connectivity index (χ0) is 16.8. The second-order valence-corrected chi connectivity index (χ2v) is 7.50. The molecule has 0 aliphatic carbocycles. The third-order valence-electron chi connectivity index (χ3n) is 4.94. The highest BCUT2D eigenvalue weighted by molar-refractivity contribution is 5.74. The second-order valence-electron chi connectivity index (χ2n) is 7.50. The van der Waals surface area contributed by atoms with Crippen molar-refractivity contribution in [3.8, 4) is 0 Å². The van der Waals surface area contributed by atoms with Crippen molar-refractivity contribution in [2.75, 3.05) is 39.8 Å². The van der Waals surface area contributed by atoms with Gasteiger partial charge in [0.2, 0.25) is 0 Å². The largest absolute Gasteiger partial charge is 0.396 e. The summed E-state index contributed by atoms with van der Waals surface area (Å²) in [6.07, 6.45) is 2.87. The smallest absolute Gasteiger partial charge is 0.317 e. The van der Waals surface area contributed by atoms with Crippen LogP contribution in [0.2, 0.25) is 0 Å². The number of piperidine rings is 1. The van der Waals surface area contributed by atoms with Gasteiger partial charge in [0, 0.05) is 39.3 Å². The zero-order valence-electron chi connectivity index (χ0n) is 15.1. The van der Waals surface area contributed by atoms with Crippen LogP contribution in [0, 0.1) is 11.3 Å². The van der Waals surface area contributed by atoms with Crippen molar-refractivity contribution in [3.63, 3.8) is 0 Å². The number of nitrogens with zero attached hydrogens (tertiary/aromatic N) is 2. The summed E-state index contributed by atoms with van der Waals surface area (Å²) >= 11 is 0. The van der Waals surface area contributed by atoms with Crippen LogP contribution in [-0.4, -0.2) is 66.8 Å². The number of urea groups is 1. The predicted octanol–water partition coefficient (Wildman–Crippen LogP) is 2.16. The van der Waals surface area contributed by atoms with E-state index in [-0.39, 0.29) is 18.1 Å². The molecule has 1 aliphatic rings. The van der Waals surface area contributed by atoms with Crippen LogP contribution >= 0.6 is 0 Å². The van der Waals surface area contributed by atoms with E-state index in [1.54, 1.807) is 0 Å². The van der Waals surface area contributed by atoms with Crippen molar-refractivity contribution in [2.45, 2.75) is 53.0 Å². The van der Waals surface area contributed by atoms with Gasteiger partial charge in [-0.25, -0.2) is 4.79 Å². The lowest BCUT2D eigenvalue weighted by Crippen LogP contribution is -2.53. The Morgan fingerprint density at radius 3 is 2.68 bits per heavy atom. The summed E-state index contributed by atoms with van der Waals surface area (Å²) in [7, 11) is 1.91. The first-order valence-electron chi connectivity index (χ1n) is 8.64. The number of rotatable bonds is 7. The minimum atomic E-state index is -0.0574. The van der Waals surface area contributed by atoms with Gasteiger partial charge in [-0.2, -0.15) is 0 Å².